The van der Waals surface area contributed by atoms with E-state index in [9.17, 15) is 0 Å². The Bertz CT molecular complexity index is 577. The molecule has 5 nitrogen and oxygen atoms in total. The van der Waals surface area contributed by atoms with Crippen LogP contribution in [0, 0.1) is 12.8 Å². The van der Waals surface area contributed by atoms with E-state index in [2.05, 4.69) is 28.6 Å². The molecule has 1 aliphatic rings. The minimum atomic E-state index is 0.600. The second kappa shape index (κ2) is 6.72. The van der Waals surface area contributed by atoms with Crippen LogP contribution in [0.3, 0.4) is 0 Å². The SMILES string of the molecule is Cc1ccccc1OCCn1cc(CNCC2CC2)nn1. The van der Waals surface area contributed by atoms with Gasteiger partial charge in [0.2, 0.25) is 0 Å². The molecule has 3 rings (SSSR count). The van der Waals surface area contributed by atoms with Crippen LogP contribution in [0.25, 0.3) is 0 Å². The van der Waals surface area contributed by atoms with Crippen molar-refractivity contribution >= 4 is 0 Å². The molecule has 0 saturated heterocycles. The molecule has 0 bridgehead atoms. The smallest absolute Gasteiger partial charge is 0.122 e. The lowest BCUT2D eigenvalue weighted by Gasteiger charge is -2.08. The van der Waals surface area contributed by atoms with E-state index < -0.39 is 0 Å². The third kappa shape index (κ3) is 4.29. The van der Waals surface area contributed by atoms with Crippen molar-refractivity contribution in [3.8, 4) is 5.75 Å². The summed E-state index contributed by atoms with van der Waals surface area (Å²) in [5, 5.41) is 11.7. The lowest BCUT2D eigenvalue weighted by atomic mass is 10.2. The maximum absolute atomic E-state index is 5.77. The number of hydrogen-bond acceptors (Lipinski definition) is 4. The van der Waals surface area contributed by atoms with E-state index in [1.54, 1.807) is 0 Å². The summed E-state index contributed by atoms with van der Waals surface area (Å²) in [5.74, 6) is 1.83. The zero-order valence-corrected chi connectivity index (χ0v) is 12.5. The molecule has 0 unspecified atom stereocenters. The minimum Gasteiger partial charge on any atom is -0.491 e. The van der Waals surface area contributed by atoms with Crippen LogP contribution in [0.4, 0.5) is 0 Å². The zero-order valence-electron chi connectivity index (χ0n) is 12.5. The number of para-hydroxylation sites is 1. The van der Waals surface area contributed by atoms with Crippen LogP contribution in [0.1, 0.15) is 24.1 Å². The first-order valence-electron chi connectivity index (χ1n) is 7.59. The highest BCUT2D eigenvalue weighted by Gasteiger charge is 2.20. The van der Waals surface area contributed by atoms with Crippen LogP contribution in [0.15, 0.2) is 30.5 Å². The first-order chi connectivity index (χ1) is 10.3. The Hall–Kier alpha value is -1.88. The third-order valence-electron chi connectivity index (χ3n) is 3.69. The van der Waals surface area contributed by atoms with Crippen LogP contribution in [0.2, 0.25) is 0 Å². The van der Waals surface area contributed by atoms with Crippen molar-refractivity contribution in [1.82, 2.24) is 20.3 Å². The van der Waals surface area contributed by atoms with Gasteiger partial charge in [0.1, 0.15) is 12.4 Å². The van der Waals surface area contributed by atoms with Gasteiger partial charge in [0.05, 0.1) is 12.2 Å². The van der Waals surface area contributed by atoms with Crippen molar-refractivity contribution in [2.75, 3.05) is 13.2 Å². The Morgan fingerprint density at radius 1 is 1.33 bits per heavy atom. The molecular formula is C16H22N4O. The number of hydrogen-bond donors (Lipinski definition) is 1. The van der Waals surface area contributed by atoms with Crippen molar-refractivity contribution in [3.05, 3.63) is 41.7 Å². The van der Waals surface area contributed by atoms with Crippen LogP contribution in [-0.4, -0.2) is 28.1 Å². The number of aromatic nitrogens is 3. The summed E-state index contributed by atoms with van der Waals surface area (Å²) in [6.07, 6.45) is 4.73. The molecule has 1 N–H and O–H groups in total. The van der Waals surface area contributed by atoms with Gasteiger partial charge in [-0.05, 0) is 43.9 Å². The summed E-state index contributed by atoms with van der Waals surface area (Å²) in [5.41, 5.74) is 2.15. The molecule has 1 aromatic carbocycles. The fourth-order valence-electron chi connectivity index (χ4n) is 2.22. The van der Waals surface area contributed by atoms with E-state index in [0.29, 0.717) is 13.2 Å². The van der Waals surface area contributed by atoms with Gasteiger partial charge in [-0.15, -0.1) is 5.10 Å². The highest BCUT2D eigenvalue weighted by atomic mass is 16.5. The van der Waals surface area contributed by atoms with Crippen LogP contribution in [-0.2, 0) is 13.1 Å². The Morgan fingerprint density at radius 2 is 2.19 bits per heavy atom. The predicted molar refractivity (Wildman–Crippen MR) is 81.1 cm³/mol. The average Bonchev–Trinajstić information content (AvgIpc) is 3.20. The van der Waals surface area contributed by atoms with Crippen molar-refractivity contribution in [2.45, 2.75) is 32.9 Å². The monoisotopic (exact) mass is 286 g/mol. The maximum atomic E-state index is 5.77. The summed E-state index contributed by atoms with van der Waals surface area (Å²) in [7, 11) is 0. The molecule has 0 spiro atoms. The zero-order chi connectivity index (χ0) is 14.5. The lowest BCUT2D eigenvalue weighted by Crippen LogP contribution is -2.16. The van der Waals surface area contributed by atoms with E-state index in [4.69, 9.17) is 4.74 Å². The van der Waals surface area contributed by atoms with Crippen LogP contribution < -0.4 is 10.1 Å². The standard InChI is InChI=1S/C16H22N4O/c1-13-4-2-3-5-16(13)21-9-8-20-12-15(18-19-20)11-17-10-14-6-7-14/h2-5,12,14,17H,6-11H2,1H3. The second-order valence-corrected chi connectivity index (χ2v) is 5.66. The van der Waals surface area contributed by atoms with Crippen molar-refractivity contribution in [1.29, 1.82) is 0 Å². The second-order valence-electron chi connectivity index (χ2n) is 5.66. The number of aryl methyl sites for hydroxylation is 1. The van der Waals surface area contributed by atoms with Gasteiger partial charge in [-0.3, -0.25) is 0 Å². The molecule has 21 heavy (non-hydrogen) atoms. The molecule has 1 saturated carbocycles. The molecule has 2 aromatic rings. The highest BCUT2D eigenvalue weighted by molar-refractivity contribution is 5.31. The number of benzene rings is 1. The molecule has 5 heteroatoms. The fourth-order valence-corrected chi connectivity index (χ4v) is 2.22. The highest BCUT2D eigenvalue weighted by Crippen LogP contribution is 2.27. The summed E-state index contributed by atoms with van der Waals surface area (Å²) in [4.78, 5) is 0. The Kier molecular flexibility index (Phi) is 4.50. The molecule has 112 valence electrons. The summed E-state index contributed by atoms with van der Waals surface area (Å²) in [6, 6.07) is 8.04. The molecule has 1 heterocycles. The Labute approximate surface area is 125 Å². The average molecular weight is 286 g/mol. The first kappa shape index (κ1) is 14.1. The van der Waals surface area contributed by atoms with Gasteiger partial charge < -0.3 is 10.1 Å². The molecule has 1 fully saturated rings. The number of nitrogens with one attached hydrogen (secondary N) is 1. The van der Waals surface area contributed by atoms with E-state index >= 15 is 0 Å². The molecule has 0 atom stereocenters. The number of nitrogens with zero attached hydrogens (tertiary/aromatic N) is 3. The largest absolute Gasteiger partial charge is 0.491 e. The van der Waals surface area contributed by atoms with Gasteiger partial charge in [-0.2, -0.15) is 0 Å². The van der Waals surface area contributed by atoms with Crippen LogP contribution in [0.5, 0.6) is 5.75 Å². The van der Waals surface area contributed by atoms with Gasteiger partial charge in [-0.1, -0.05) is 23.4 Å². The maximum Gasteiger partial charge on any atom is 0.122 e. The van der Waals surface area contributed by atoms with E-state index in [-0.39, 0.29) is 0 Å². The van der Waals surface area contributed by atoms with Gasteiger partial charge >= 0.3 is 0 Å². The number of rotatable bonds is 8. The summed E-state index contributed by atoms with van der Waals surface area (Å²) < 4.78 is 7.61. The quantitative estimate of drug-likeness (QED) is 0.808. The molecule has 0 radical (unpaired) electrons. The van der Waals surface area contributed by atoms with Crippen molar-refractivity contribution < 1.29 is 4.74 Å². The van der Waals surface area contributed by atoms with E-state index in [0.717, 1.165) is 36.0 Å². The third-order valence-corrected chi connectivity index (χ3v) is 3.69. The molecule has 1 aromatic heterocycles. The summed E-state index contributed by atoms with van der Waals surface area (Å²) >= 11 is 0. The van der Waals surface area contributed by atoms with Gasteiger partial charge in [0.25, 0.3) is 0 Å². The van der Waals surface area contributed by atoms with E-state index in [1.165, 1.54) is 12.8 Å². The Morgan fingerprint density at radius 3 is 3.00 bits per heavy atom. The van der Waals surface area contributed by atoms with Crippen molar-refractivity contribution in [2.24, 2.45) is 5.92 Å². The minimum absolute atomic E-state index is 0.600. The van der Waals surface area contributed by atoms with Crippen LogP contribution >= 0.6 is 0 Å². The van der Waals surface area contributed by atoms with E-state index in [1.807, 2.05) is 29.1 Å². The van der Waals surface area contributed by atoms with Gasteiger partial charge in [-0.25, -0.2) is 4.68 Å². The fraction of sp³-hybridized carbons (Fsp3) is 0.500. The molecular weight excluding hydrogens is 264 g/mol. The molecule has 0 amide bonds. The predicted octanol–water partition coefficient (Wildman–Crippen LogP) is 2.17. The topological polar surface area (TPSA) is 52.0 Å². The first-order valence-corrected chi connectivity index (χ1v) is 7.59. The number of ether oxygens (including phenoxy) is 1. The summed E-state index contributed by atoms with van der Waals surface area (Å²) in [6.45, 7) is 5.26. The lowest BCUT2D eigenvalue weighted by molar-refractivity contribution is 0.288. The molecule has 0 aliphatic heterocycles. The Balaban J connectivity index is 1.40. The van der Waals surface area contributed by atoms with Crippen molar-refractivity contribution in [3.63, 3.8) is 0 Å². The molecule has 1 aliphatic carbocycles. The normalized spacial score (nSPS) is 14.3. The van der Waals surface area contributed by atoms with Gasteiger partial charge in [0, 0.05) is 12.7 Å². The van der Waals surface area contributed by atoms with Gasteiger partial charge in [0.15, 0.2) is 0 Å².